The van der Waals surface area contributed by atoms with Crippen molar-refractivity contribution in [3.8, 4) is 0 Å². The van der Waals surface area contributed by atoms with Crippen molar-refractivity contribution in [3.63, 3.8) is 0 Å². The van der Waals surface area contributed by atoms with E-state index in [0.717, 1.165) is 12.8 Å². The van der Waals surface area contributed by atoms with Crippen LogP contribution in [0.5, 0.6) is 0 Å². The molecule has 0 aliphatic heterocycles. The second-order valence-corrected chi connectivity index (χ2v) is 5.62. The van der Waals surface area contributed by atoms with Crippen molar-refractivity contribution >= 4 is 5.97 Å². The Labute approximate surface area is 120 Å². The van der Waals surface area contributed by atoms with Crippen LogP contribution in [0.25, 0.3) is 0 Å². The topological polar surface area (TPSA) is 26.3 Å². The summed E-state index contributed by atoms with van der Waals surface area (Å²) >= 11 is 0. The fraction of sp³-hybridized carbons (Fsp3) is 0.941. The van der Waals surface area contributed by atoms with Crippen molar-refractivity contribution in [2.24, 2.45) is 5.92 Å². The predicted molar refractivity (Wildman–Crippen MR) is 82.3 cm³/mol. The summed E-state index contributed by atoms with van der Waals surface area (Å²) in [6.07, 6.45) is 12.7. The van der Waals surface area contributed by atoms with Gasteiger partial charge < -0.3 is 4.74 Å². The summed E-state index contributed by atoms with van der Waals surface area (Å²) in [4.78, 5) is 11.6. The lowest BCUT2D eigenvalue weighted by Crippen LogP contribution is -2.13. The van der Waals surface area contributed by atoms with Crippen LogP contribution in [0, 0.1) is 5.92 Å². The highest BCUT2D eigenvalue weighted by Crippen LogP contribution is 2.14. The lowest BCUT2D eigenvalue weighted by atomic mass is 10.0. The van der Waals surface area contributed by atoms with Crippen LogP contribution >= 0.6 is 0 Å². The number of unbranched alkanes of at least 4 members (excludes halogenated alkanes) is 6. The van der Waals surface area contributed by atoms with Crippen molar-refractivity contribution in [2.45, 2.75) is 91.4 Å². The summed E-state index contributed by atoms with van der Waals surface area (Å²) in [6, 6.07) is 0. The summed E-state index contributed by atoms with van der Waals surface area (Å²) in [5.41, 5.74) is 0. The Morgan fingerprint density at radius 1 is 0.895 bits per heavy atom. The van der Waals surface area contributed by atoms with Gasteiger partial charge in [0.2, 0.25) is 0 Å². The van der Waals surface area contributed by atoms with E-state index in [1.54, 1.807) is 0 Å². The summed E-state index contributed by atoms with van der Waals surface area (Å²) in [5.74, 6) is 0.568. The molecule has 0 aliphatic rings. The second kappa shape index (κ2) is 13.9. The molecule has 0 heterocycles. The third kappa shape index (κ3) is 12.3. The van der Waals surface area contributed by atoms with E-state index >= 15 is 0 Å². The molecule has 0 aromatic heterocycles. The largest absolute Gasteiger partial charge is 0.465 e. The Hall–Kier alpha value is -0.530. The first-order valence-corrected chi connectivity index (χ1v) is 8.40. The highest BCUT2D eigenvalue weighted by Gasteiger charge is 2.09. The lowest BCUT2D eigenvalue weighted by Gasteiger charge is -2.14. The first-order chi connectivity index (χ1) is 9.24. The number of esters is 1. The number of hydrogen-bond donors (Lipinski definition) is 0. The molecule has 1 atom stereocenters. The van der Waals surface area contributed by atoms with Crippen LogP contribution in [-0.2, 0) is 9.53 Å². The summed E-state index contributed by atoms with van der Waals surface area (Å²) in [5, 5.41) is 0. The van der Waals surface area contributed by atoms with E-state index in [2.05, 4.69) is 20.8 Å². The Morgan fingerprint density at radius 2 is 1.53 bits per heavy atom. The number of carbonyl (C=O) groups excluding carboxylic acids is 1. The minimum Gasteiger partial charge on any atom is -0.465 e. The minimum atomic E-state index is 0.00504. The lowest BCUT2D eigenvalue weighted by molar-refractivity contribution is -0.145. The monoisotopic (exact) mass is 270 g/mol. The maximum atomic E-state index is 11.6. The van der Waals surface area contributed by atoms with Gasteiger partial charge in [0.15, 0.2) is 0 Å². The van der Waals surface area contributed by atoms with Gasteiger partial charge in [-0.3, -0.25) is 4.79 Å². The normalized spacial score (nSPS) is 12.4. The van der Waals surface area contributed by atoms with Gasteiger partial charge in [0, 0.05) is 6.42 Å². The molecule has 0 fully saturated rings. The zero-order valence-corrected chi connectivity index (χ0v) is 13.4. The molecule has 19 heavy (non-hydrogen) atoms. The fourth-order valence-corrected chi connectivity index (χ4v) is 2.23. The Bertz CT molecular complexity index is 201. The molecular formula is C17H34O2. The van der Waals surface area contributed by atoms with Crippen molar-refractivity contribution in [1.82, 2.24) is 0 Å². The first-order valence-electron chi connectivity index (χ1n) is 8.40. The summed E-state index contributed by atoms with van der Waals surface area (Å²) in [7, 11) is 0. The second-order valence-electron chi connectivity index (χ2n) is 5.62. The van der Waals surface area contributed by atoms with Crippen LogP contribution in [-0.4, -0.2) is 12.6 Å². The van der Waals surface area contributed by atoms with Crippen molar-refractivity contribution < 1.29 is 9.53 Å². The van der Waals surface area contributed by atoms with Gasteiger partial charge in [-0.1, -0.05) is 72.1 Å². The van der Waals surface area contributed by atoms with Crippen LogP contribution in [0.2, 0.25) is 0 Å². The van der Waals surface area contributed by atoms with Crippen molar-refractivity contribution in [2.75, 3.05) is 6.61 Å². The third-order valence-electron chi connectivity index (χ3n) is 3.76. The van der Waals surface area contributed by atoms with E-state index in [9.17, 15) is 4.79 Å². The van der Waals surface area contributed by atoms with Gasteiger partial charge in [-0.2, -0.15) is 0 Å². The number of rotatable bonds is 13. The van der Waals surface area contributed by atoms with Gasteiger partial charge in [-0.05, 0) is 18.8 Å². The molecule has 0 saturated carbocycles. The predicted octanol–water partition coefficient (Wildman–Crippen LogP) is 5.50. The van der Waals surface area contributed by atoms with Crippen LogP contribution in [0.15, 0.2) is 0 Å². The maximum absolute atomic E-state index is 11.6. The molecular weight excluding hydrogens is 236 g/mol. The molecule has 114 valence electrons. The molecule has 0 aliphatic carbocycles. The highest BCUT2D eigenvalue weighted by molar-refractivity contribution is 5.69. The van der Waals surface area contributed by atoms with E-state index in [1.165, 1.54) is 51.4 Å². The molecule has 1 unspecified atom stereocenters. The zero-order valence-electron chi connectivity index (χ0n) is 13.4. The molecule has 2 heteroatoms. The van der Waals surface area contributed by atoms with E-state index in [1.807, 2.05) is 0 Å². The smallest absolute Gasteiger partial charge is 0.305 e. The molecule has 0 aromatic carbocycles. The molecule has 0 rings (SSSR count). The molecule has 0 radical (unpaired) electrons. The Morgan fingerprint density at radius 3 is 2.16 bits per heavy atom. The van der Waals surface area contributed by atoms with Gasteiger partial charge in [0.1, 0.15) is 0 Å². The van der Waals surface area contributed by atoms with E-state index in [-0.39, 0.29) is 5.97 Å². The zero-order chi connectivity index (χ0) is 14.3. The SMILES string of the molecule is CCCCCCCCC(=O)OCC(CC)CCCC. The highest BCUT2D eigenvalue weighted by atomic mass is 16.5. The average Bonchev–Trinajstić information content (AvgIpc) is 2.43. The molecule has 0 amide bonds. The third-order valence-corrected chi connectivity index (χ3v) is 3.76. The Kier molecular flexibility index (Phi) is 13.5. The van der Waals surface area contributed by atoms with Gasteiger partial charge in [-0.25, -0.2) is 0 Å². The molecule has 2 nitrogen and oxygen atoms in total. The first kappa shape index (κ1) is 18.5. The van der Waals surface area contributed by atoms with Gasteiger partial charge >= 0.3 is 5.97 Å². The maximum Gasteiger partial charge on any atom is 0.305 e. The minimum absolute atomic E-state index is 0.00504. The number of hydrogen-bond acceptors (Lipinski definition) is 2. The van der Waals surface area contributed by atoms with E-state index < -0.39 is 0 Å². The van der Waals surface area contributed by atoms with Crippen molar-refractivity contribution in [1.29, 1.82) is 0 Å². The summed E-state index contributed by atoms with van der Waals surface area (Å²) in [6.45, 7) is 7.24. The van der Waals surface area contributed by atoms with Crippen LogP contribution in [0.4, 0.5) is 0 Å². The number of ether oxygens (including phenoxy) is 1. The summed E-state index contributed by atoms with van der Waals surface area (Å²) < 4.78 is 5.38. The fourth-order valence-electron chi connectivity index (χ4n) is 2.23. The van der Waals surface area contributed by atoms with Gasteiger partial charge in [-0.15, -0.1) is 0 Å². The van der Waals surface area contributed by atoms with Crippen molar-refractivity contribution in [3.05, 3.63) is 0 Å². The molecule has 0 N–H and O–H groups in total. The molecule has 0 saturated heterocycles. The van der Waals surface area contributed by atoms with Crippen LogP contribution < -0.4 is 0 Å². The van der Waals surface area contributed by atoms with E-state index in [4.69, 9.17) is 4.74 Å². The van der Waals surface area contributed by atoms with Gasteiger partial charge in [0.25, 0.3) is 0 Å². The van der Waals surface area contributed by atoms with Crippen LogP contribution in [0.3, 0.4) is 0 Å². The molecule has 0 bridgehead atoms. The molecule has 0 aromatic rings. The average molecular weight is 270 g/mol. The van der Waals surface area contributed by atoms with E-state index in [0.29, 0.717) is 18.9 Å². The standard InChI is InChI=1S/C17H34O2/c1-4-7-9-10-11-12-14-17(18)19-15-16(6-3)13-8-5-2/h16H,4-15H2,1-3H3. The number of carbonyl (C=O) groups is 1. The Balaban J connectivity index is 3.46. The van der Waals surface area contributed by atoms with Gasteiger partial charge in [0.05, 0.1) is 6.61 Å². The quantitative estimate of drug-likeness (QED) is 0.326. The van der Waals surface area contributed by atoms with Crippen LogP contribution in [0.1, 0.15) is 91.4 Å². The molecule has 0 spiro atoms.